The smallest absolute Gasteiger partial charge is 0.309 e. The molecule has 4 bridgehead atoms. The molecule has 26 heavy (non-hydrogen) atoms. The maximum atomic E-state index is 12.8. The molecule has 150 valence electrons. The van der Waals surface area contributed by atoms with Gasteiger partial charge in [0.2, 0.25) is 0 Å². The summed E-state index contributed by atoms with van der Waals surface area (Å²) in [5.74, 6) is 1.75. The molecule has 4 rings (SSSR count). The zero-order valence-corrected chi connectivity index (χ0v) is 18.0. The van der Waals surface area contributed by atoms with Gasteiger partial charge in [-0.05, 0) is 95.8 Å². The van der Waals surface area contributed by atoms with Gasteiger partial charge < -0.3 is 9.84 Å². The lowest BCUT2D eigenvalue weighted by atomic mass is 9.38. The van der Waals surface area contributed by atoms with Gasteiger partial charge in [0.25, 0.3) is 0 Å². The second-order valence-corrected chi connectivity index (χ2v) is 11.5. The SMILES string of the molecule is CC(C)CC(C)C(=O)OC(C)(C)C12CC3CC(CC(C(C)(C)O)(C3)C1)C2. The summed E-state index contributed by atoms with van der Waals surface area (Å²) >= 11 is 0. The lowest BCUT2D eigenvalue weighted by molar-refractivity contribution is -0.245. The number of carbonyl (C=O) groups is 1. The second-order valence-electron chi connectivity index (χ2n) is 11.5. The fraction of sp³-hybridized carbons (Fsp3) is 0.957. The molecule has 0 amide bonds. The maximum Gasteiger partial charge on any atom is 0.309 e. The van der Waals surface area contributed by atoms with Crippen LogP contribution in [0.4, 0.5) is 0 Å². The van der Waals surface area contributed by atoms with Gasteiger partial charge in [0, 0.05) is 5.41 Å². The molecule has 3 heteroatoms. The monoisotopic (exact) mass is 364 g/mol. The van der Waals surface area contributed by atoms with Crippen LogP contribution >= 0.6 is 0 Å². The van der Waals surface area contributed by atoms with Gasteiger partial charge >= 0.3 is 5.97 Å². The summed E-state index contributed by atoms with van der Waals surface area (Å²) in [7, 11) is 0. The van der Waals surface area contributed by atoms with Crippen molar-refractivity contribution >= 4 is 5.97 Å². The predicted octanol–water partition coefficient (Wildman–Crippen LogP) is 5.35. The van der Waals surface area contributed by atoms with E-state index in [1.807, 2.05) is 20.8 Å². The Balaban J connectivity index is 1.84. The molecule has 0 heterocycles. The average Bonchev–Trinajstić information content (AvgIpc) is 2.43. The van der Waals surface area contributed by atoms with E-state index in [4.69, 9.17) is 4.74 Å². The molecular formula is C23H40O3. The van der Waals surface area contributed by atoms with E-state index in [2.05, 4.69) is 27.7 Å². The van der Waals surface area contributed by atoms with Crippen molar-refractivity contribution in [1.82, 2.24) is 0 Å². The van der Waals surface area contributed by atoms with E-state index in [9.17, 15) is 9.90 Å². The van der Waals surface area contributed by atoms with Crippen molar-refractivity contribution < 1.29 is 14.6 Å². The van der Waals surface area contributed by atoms with E-state index in [-0.39, 0.29) is 22.7 Å². The van der Waals surface area contributed by atoms with Crippen molar-refractivity contribution in [2.45, 2.75) is 105 Å². The molecule has 4 aliphatic carbocycles. The fourth-order valence-corrected chi connectivity index (χ4v) is 6.95. The Morgan fingerprint density at radius 1 is 1.04 bits per heavy atom. The highest BCUT2D eigenvalue weighted by Crippen LogP contribution is 2.71. The normalized spacial score (nSPS) is 37.9. The molecule has 0 aromatic carbocycles. The minimum atomic E-state index is -0.666. The van der Waals surface area contributed by atoms with E-state index in [1.165, 1.54) is 6.42 Å². The first-order valence-corrected chi connectivity index (χ1v) is 10.7. The number of esters is 1. The Hall–Kier alpha value is -0.570. The van der Waals surface area contributed by atoms with Crippen LogP contribution in [0.2, 0.25) is 0 Å². The van der Waals surface area contributed by atoms with E-state index < -0.39 is 11.2 Å². The molecule has 3 atom stereocenters. The van der Waals surface area contributed by atoms with Crippen LogP contribution in [0.25, 0.3) is 0 Å². The summed E-state index contributed by atoms with van der Waals surface area (Å²) in [5, 5.41) is 11.0. The van der Waals surface area contributed by atoms with Crippen LogP contribution in [-0.2, 0) is 9.53 Å². The van der Waals surface area contributed by atoms with Crippen molar-refractivity contribution in [1.29, 1.82) is 0 Å². The van der Waals surface area contributed by atoms with Crippen LogP contribution in [0.3, 0.4) is 0 Å². The van der Waals surface area contributed by atoms with E-state index in [1.54, 1.807) is 0 Å². The highest BCUT2D eigenvalue weighted by molar-refractivity contribution is 5.72. The third-order valence-corrected chi connectivity index (χ3v) is 8.22. The zero-order chi connectivity index (χ0) is 19.5. The van der Waals surface area contributed by atoms with Crippen LogP contribution in [0, 0.1) is 34.5 Å². The Morgan fingerprint density at radius 2 is 1.54 bits per heavy atom. The van der Waals surface area contributed by atoms with Gasteiger partial charge in [-0.15, -0.1) is 0 Å². The predicted molar refractivity (Wildman–Crippen MR) is 105 cm³/mol. The molecule has 4 saturated carbocycles. The number of ether oxygens (including phenoxy) is 1. The molecule has 0 spiro atoms. The van der Waals surface area contributed by atoms with E-state index >= 15 is 0 Å². The molecule has 3 nitrogen and oxygen atoms in total. The molecule has 0 aromatic heterocycles. The third-order valence-electron chi connectivity index (χ3n) is 8.22. The summed E-state index contributed by atoms with van der Waals surface area (Å²) in [6.45, 7) is 14.6. The van der Waals surface area contributed by atoms with Gasteiger partial charge in [0.05, 0.1) is 11.5 Å². The van der Waals surface area contributed by atoms with Gasteiger partial charge in [-0.2, -0.15) is 0 Å². The van der Waals surface area contributed by atoms with Crippen molar-refractivity contribution in [2.24, 2.45) is 34.5 Å². The number of hydrogen-bond acceptors (Lipinski definition) is 3. The average molecular weight is 365 g/mol. The van der Waals surface area contributed by atoms with Crippen LogP contribution in [0.15, 0.2) is 0 Å². The Morgan fingerprint density at radius 3 is 2.00 bits per heavy atom. The van der Waals surface area contributed by atoms with Gasteiger partial charge in [-0.1, -0.05) is 20.8 Å². The Labute approximate surface area is 160 Å². The Bertz CT molecular complexity index is 540. The van der Waals surface area contributed by atoms with Gasteiger partial charge in [0.15, 0.2) is 0 Å². The summed E-state index contributed by atoms with van der Waals surface area (Å²) < 4.78 is 6.22. The molecule has 4 fully saturated rings. The quantitative estimate of drug-likeness (QED) is 0.646. The molecule has 0 aromatic rings. The van der Waals surface area contributed by atoms with Gasteiger partial charge in [0.1, 0.15) is 5.60 Å². The number of aliphatic hydroxyl groups is 1. The molecule has 4 aliphatic rings. The number of rotatable bonds is 6. The summed E-state index contributed by atoms with van der Waals surface area (Å²) in [5.41, 5.74) is -1.13. The zero-order valence-electron chi connectivity index (χ0n) is 18.0. The third kappa shape index (κ3) is 3.23. The highest BCUT2D eigenvalue weighted by Gasteiger charge is 2.66. The minimum absolute atomic E-state index is 0.00961. The topological polar surface area (TPSA) is 46.5 Å². The second kappa shape index (κ2) is 6.22. The molecule has 0 aliphatic heterocycles. The van der Waals surface area contributed by atoms with E-state index in [0.29, 0.717) is 17.8 Å². The lowest BCUT2D eigenvalue weighted by Gasteiger charge is -2.68. The highest BCUT2D eigenvalue weighted by atomic mass is 16.6. The first-order valence-electron chi connectivity index (χ1n) is 10.7. The standard InChI is InChI=1S/C23H40O3/c1-15(2)8-16(3)19(24)26-21(6,7)23-12-17-9-18(13-23)11-22(10-17,14-23)20(4,5)25/h15-18,25H,8-14H2,1-7H3. The van der Waals surface area contributed by atoms with Crippen molar-refractivity contribution in [3.63, 3.8) is 0 Å². The molecule has 3 unspecified atom stereocenters. The fourth-order valence-electron chi connectivity index (χ4n) is 6.95. The largest absolute Gasteiger partial charge is 0.459 e. The maximum absolute atomic E-state index is 12.8. The first kappa shape index (κ1) is 20.2. The summed E-state index contributed by atoms with van der Waals surface area (Å²) in [4.78, 5) is 12.8. The van der Waals surface area contributed by atoms with E-state index in [0.717, 1.165) is 38.5 Å². The van der Waals surface area contributed by atoms with Crippen molar-refractivity contribution in [2.75, 3.05) is 0 Å². The van der Waals surface area contributed by atoms with Crippen molar-refractivity contribution in [3.05, 3.63) is 0 Å². The Kier molecular flexibility index (Phi) is 4.83. The minimum Gasteiger partial charge on any atom is -0.459 e. The molecular weight excluding hydrogens is 324 g/mol. The first-order chi connectivity index (χ1) is 11.8. The van der Waals surface area contributed by atoms with Crippen LogP contribution in [0.5, 0.6) is 0 Å². The lowest BCUT2D eigenvalue weighted by Crippen LogP contribution is -2.65. The van der Waals surface area contributed by atoms with Gasteiger partial charge in [-0.3, -0.25) is 4.79 Å². The molecule has 0 radical (unpaired) electrons. The van der Waals surface area contributed by atoms with Crippen molar-refractivity contribution in [3.8, 4) is 0 Å². The molecule has 0 saturated heterocycles. The number of carbonyl (C=O) groups excluding carboxylic acids is 1. The summed E-state index contributed by atoms with van der Waals surface area (Å²) in [6.07, 6.45) is 7.76. The molecule has 1 N–H and O–H groups in total. The van der Waals surface area contributed by atoms with Crippen LogP contribution in [0.1, 0.15) is 93.4 Å². The van der Waals surface area contributed by atoms with Crippen LogP contribution < -0.4 is 0 Å². The van der Waals surface area contributed by atoms with Crippen LogP contribution in [-0.4, -0.2) is 22.3 Å². The summed E-state index contributed by atoms with van der Waals surface area (Å²) in [6, 6.07) is 0. The van der Waals surface area contributed by atoms with Gasteiger partial charge in [-0.25, -0.2) is 0 Å². The number of hydrogen-bond donors (Lipinski definition) is 1.